The van der Waals surface area contributed by atoms with Crippen LogP contribution in [0.15, 0.2) is 0 Å². The van der Waals surface area contributed by atoms with Crippen molar-refractivity contribution in [3.05, 3.63) is 0 Å². The number of carbonyl (C=O) groups excluding carboxylic acids is 1. The molecule has 116 valence electrons. The van der Waals surface area contributed by atoms with Gasteiger partial charge in [-0.25, -0.2) is 0 Å². The van der Waals surface area contributed by atoms with Crippen molar-refractivity contribution in [2.75, 3.05) is 19.6 Å². The lowest BCUT2D eigenvalue weighted by Gasteiger charge is -2.36. The minimum absolute atomic E-state index is 0.0512. The predicted octanol–water partition coefficient (Wildman–Crippen LogP) is 1.70. The van der Waals surface area contributed by atoms with E-state index in [0.717, 1.165) is 11.3 Å². The lowest BCUT2D eigenvalue weighted by atomic mass is 10.0. The van der Waals surface area contributed by atoms with Crippen molar-refractivity contribution in [3.8, 4) is 0 Å². The molecule has 1 amide bonds. The summed E-state index contributed by atoms with van der Waals surface area (Å²) in [6.45, 7) is 1.96. The molecule has 2 rings (SSSR count). The molecule has 2 aliphatic rings. The topological polar surface area (TPSA) is 41.6 Å². The standard InChI is InChI=1S/C13H21F3N2O2/c1-9-2-3-11(20-9)12(19)18(8-13(14,15)16)10-4-6-17-7-5-10/h9-11,17H,2-8H2,1H3. The van der Waals surface area contributed by atoms with Crippen LogP contribution in [0.1, 0.15) is 32.6 Å². The number of amides is 1. The van der Waals surface area contributed by atoms with Gasteiger partial charge in [0.1, 0.15) is 12.6 Å². The molecule has 0 bridgehead atoms. The highest BCUT2D eigenvalue weighted by atomic mass is 19.4. The normalized spacial score (nSPS) is 28.6. The fourth-order valence-corrected chi connectivity index (χ4v) is 2.87. The van der Waals surface area contributed by atoms with Crippen LogP contribution in [0.25, 0.3) is 0 Å². The third-order valence-electron chi connectivity index (χ3n) is 3.89. The summed E-state index contributed by atoms with van der Waals surface area (Å²) in [6.07, 6.45) is -2.77. The number of carbonyl (C=O) groups is 1. The maximum absolute atomic E-state index is 12.7. The quantitative estimate of drug-likeness (QED) is 0.861. The van der Waals surface area contributed by atoms with Gasteiger partial charge in [0, 0.05) is 6.04 Å². The van der Waals surface area contributed by atoms with Crippen LogP contribution in [-0.4, -0.2) is 54.9 Å². The van der Waals surface area contributed by atoms with Gasteiger partial charge in [-0.05, 0) is 45.7 Å². The van der Waals surface area contributed by atoms with Gasteiger partial charge >= 0.3 is 6.18 Å². The van der Waals surface area contributed by atoms with Gasteiger partial charge in [0.2, 0.25) is 0 Å². The second-order valence-electron chi connectivity index (χ2n) is 5.58. The summed E-state index contributed by atoms with van der Waals surface area (Å²) in [7, 11) is 0. The number of ether oxygens (including phenoxy) is 1. The van der Waals surface area contributed by atoms with Gasteiger partial charge in [-0.1, -0.05) is 0 Å². The molecule has 0 aromatic heterocycles. The Morgan fingerprint density at radius 2 is 1.90 bits per heavy atom. The number of nitrogens with zero attached hydrogens (tertiary/aromatic N) is 1. The van der Waals surface area contributed by atoms with Crippen LogP contribution in [0, 0.1) is 0 Å². The van der Waals surface area contributed by atoms with Gasteiger partial charge in [0.25, 0.3) is 5.91 Å². The summed E-state index contributed by atoms with van der Waals surface area (Å²) in [6, 6.07) is -0.343. The van der Waals surface area contributed by atoms with Crippen LogP contribution in [0.5, 0.6) is 0 Å². The van der Waals surface area contributed by atoms with Crippen LogP contribution in [0.2, 0.25) is 0 Å². The number of alkyl halides is 3. The molecular weight excluding hydrogens is 273 g/mol. The highest BCUT2D eigenvalue weighted by Crippen LogP contribution is 2.26. The Balaban J connectivity index is 2.06. The molecule has 2 fully saturated rings. The molecule has 7 heteroatoms. The molecule has 4 nitrogen and oxygen atoms in total. The molecule has 2 unspecified atom stereocenters. The zero-order valence-corrected chi connectivity index (χ0v) is 11.6. The van der Waals surface area contributed by atoms with E-state index in [0.29, 0.717) is 32.4 Å². The first-order chi connectivity index (χ1) is 9.37. The Kier molecular flexibility index (Phi) is 4.90. The van der Waals surface area contributed by atoms with Gasteiger partial charge in [-0.3, -0.25) is 4.79 Å². The SMILES string of the molecule is CC1CCC(C(=O)N(CC(F)(F)F)C2CCNCC2)O1. The Bertz CT molecular complexity index is 343. The van der Waals surface area contributed by atoms with Crippen molar-refractivity contribution < 1.29 is 22.7 Å². The molecule has 1 N–H and O–H groups in total. The Morgan fingerprint density at radius 1 is 1.25 bits per heavy atom. The molecule has 0 aliphatic carbocycles. The molecule has 2 heterocycles. The molecule has 2 aliphatic heterocycles. The van der Waals surface area contributed by atoms with Crippen LogP contribution in [0.4, 0.5) is 13.2 Å². The Morgan fingerprint density at radius 3 is 2.40 bits per heavy atom. The summed E-state index contributed by atoms with van der Waals surface area (Å²) in [5, 5.41) is 3.10. The van der Waals surface area contributed by atoms with Crippen molar-refractivity contribution in [2.45, 2.75) is 57.0 Å². The average Bonchev–Trinajstić information content (AvgIpc) is 2.82. The van der Waals surface area contributed by atoms with Gasteiger partial charge in [-0.2, -0.15) is 13.2 Å². The van der Waals surface area contributed by atoms with Crippen LogP contribution in [0.3, 0.4) is 0 Å². The maximum atomic E-state index is 12.7. The largest absolute Gasteiger partial charge is 0.406 e. The minimum atomic E-state index is -4.37. The lowest BCUT2D eigenvalue weighted by Crippen LogP contribution is -2.52. The van der Waals surface area contributed by atoms with Gasteiger partial charge < -0.3 is 15.0 Å². The monoisotopic (exact) mass is 294 g/mol. The van der Waals surface area contributed by atoms with Gasteiger partial charge in [0.15, 0.2) is 0 Å². The summed E-state index contributed by atoms with van der Waals surface area (Å²) in [5.41, 5.74) is 0. The summed E-state index contributed by atoms with van der Waals surface area (Å²) >= 11 is 0. The highest BCUT2D eigenvalue weighted by molar-refractivity contribution is 5.81. The fraction of sp³-hybridized carbons (Fsp3) is 0.923. The molecular formula is C13H21F3N2O2. The molecule has 20 heavy (non-hydrogen) atoms. The highest BCUT2D eigenvalue weighted by Gasteiger charge is 2.40. The van der Waals surface area contributed by atoms with E-state index < -0.39 is 24.7 Å². The number of nitrogens with one attached hydrogen (secondary N) is 1. The van der Waals surface area contributed by atoms with E-state index in [1.165, 1.54) is 0 Å². The fourth-order valence-electron chi connectivity index (χ4n) is 2.87. The van der Waals surface area contributed by atoms with E-state index in [-0.39, 0.29) is 12.1 Å². The molecule has 0 aromatic rings. The summed E-state index contributed by atoms with van der Waals surface area (Å²) in [4.78, 5) is 13.3. The first-order valence-corrected chi connectivity index (χ1v) is 7.10. The van der Waals surface area contributed by atoms with E-state index in [4.69, 9.17) is 4.74 Å². The minimum Gasteiger partial charge on any atom is -0.365 e. The van der Waals surface area contributed by atoms with Crippen LogP contribution >= 0.6 is 0 Å². The van der Waals surface area contributed by atoms with Crippen molar-refractivity contribution in [1.82, 2.24) is 10.2 Å². The second kappa shape index (κ2) is 6.30. The molecule has 2 saturated heterocycles. The zero-order chi connectivity index (χ0) is 14.8. The van der Waals surface area contributed by atoms with Crippen molar-refractivity contribution in [3.63, 3.8) is 0 Å². The smallest absolute Gasteiger partial charge is 0.365 e. The molecule has 0 saturated carbocycles. The van der Waals surface area contributed by atoms with Crippen molar-refractivity contribution in [2.24, 2.45) is 0 Å². The van der Waals surface area contributed by atoms with Gasteiger partial charge in [-0.15, -0.1) is 0 Å². The number of piperidine rings is 1. The first-order valence-electron chi connectivity index (χ1n) is 7.10. The van der Waals surface area contributed by atoms with E-state index in [1.807, 2.05) is 6.92 Å². The van der Waals surface area contributed by atoms with E-state index in [2.05, 4.69) is 5.32 Å². The van der Waals surface area contributed by atoms with Gasteiger partial charge in [0.05, 0.1) is 6.10 Å². The average molecular weight is 294 g/mol. The first kappa shape index (κ1) is 15.6. The summed E-state index contributed by atoms with van der Waals surface area (Å²) < 4.78 is 43.6. The van der Waals surface area contributed by atoms with E-state index >= 15 is 0 Å². The third kappa shape index (κ3) is 4.09. The lowest BCUT2D eigenvalue weighted by molar-refractivity contribution is -0.173. The number of hydrogen-bond acceptors (Lipinski definition) is 3. The Labute approximate surface area is 116 Å². The predicted molar refractivity (Wildman–Crippen MR) is 67.2 cm³/mol. The molecule has 2 atom stereocenters. The number of halogens is 3. The molecule has 0 aromatic carbocycles. The maximum Gasteiger partial charge on any atom is 0.406 e. The second-order valence-corrected chi connectivity index (χ2v) is 5.58. The van der Waals surface area contributed by atoms with Crippen molar-refractivity contribution in [1.29, 1.82) is 0 Å². The summed E-state index contributed by atoms with van der Waals surface area (Å²) in [5.74, 6) is -0.501. The van der Waals surface area contributed by atoms with Crippen LogP contribution < -0.4 is 5.32 Å². The van der Waals surface area contributed by atoms with Crippen LogP contribution in [-0.2, 0) is 9.53 Å². The number of hydrogen-bond donors (Lipinski definition) is 1. The zero-order valence-electron chi connectivity index (χ0n) is 11.6. The van der Waals surface area contributed by atoms with E-state index in [9.17, 15) is 18.0 Å². The molecule has 0 radical (unpaired) electrons. The Hall–Kier alpha value is -0.820. The third-order valence-corrected chi connectivity index (χ3v) is 3.89. The van der Waals surface area contributed by atoms with E-state index in [1.54, 1.807) is 0 Å². The molecule has 0 spiro atoms. The number of rotatable bonds is 3. The van der Waals surface area contributed by atoms with Crippen molar-refractivity contribution >= 4 is 5.91 Å².